The fraction of sp³-hybridized carbons (Fsp3) is 0.611. The Bertz CT molecular complexity index is 1290. The molecule has 0 saturated heterocycles. The van der Waals surface area contributed by atoms with E-state index in [9.17, 15) is 9.35 Å². The zero-order chi connectivity index (χ0) is 32.1. The number of nitrogens with zero attached hydrogens (tertiary/aromatic N) is 2. The van der Waals surface area contributed by atoms with Gasteiger partial charge in [0.05, 0.1) is 18.9 Å². The highest BCUT2D eigenvalue weighted by Gasteiger charge is 2.55. The molecule has 2 fully saturated rings. The zero-order valence-electron chi connectivity index (χ0n) is 28.0. The Morgan fingerprint density at radius 1 is 1.25 bits per heavy atom. The second-order valence-corrected chi connectivity index (χ2v) is 14.9. The quantitative estimate of drug-likeness (QED) is 0.0860. The van der Waals surface area contributed by atoms with Crippen molar-refractivity contribution in [2.24, 2.45) is 21.6 Å². The van der Waals surface area contributed by atoms with Crippen molar-refractivity contribution in [1.29, 1.82) is 0 Å². The number of aryl methyl sites for hydroxylation is 2. The summed E-state index contributed by atoms with van der Waals surface area (Å²) < 4.78 is 16.3. The molecule has 1 atom stereocenters. The van der Waals surface area contributed by atoms with Crippen molar-refractivity contribution in [3.8, 4) is 0 Å². The Morgan fingerprint density at radius 3 is 2.48 bits per heavy atom. The summed E-state index contributed by atoms with van der Waals surface area (Å²) in [6, 6.07) is 6.73. The van der Waals surface area contributed by atoms with Gasteiger partial charge in [-0.25, -0.2) is 0 Å². The van der Waals surface area contributed by atoms with Crippen molar-refractivity contribution in [1.82, 2.24) is 10.2 Å². The molecule has 0 unspecified atom stereocenters. The lowest BCUT2D eigenvalue weighted by Crippen LogP contribution is -2.55. The first-order valence-electron chi connectivity index (χ1n) is 16.3. The summed E-state index contributed by atoms with van der Waals surface area (Å²) in [6.07, 6.45) is 12.0. The van der Waals surface area contributed by atoms with E-state index in [-0.39, 0.29) is 17.2 Å². The first kappa shape index (κ1) is 34.5. The van der Waals surface area contributed by atoms with Gasteiger partial charge in [0.2, 0.25) is 5.90 Å². The lowest BCUT2D eigenvalue weighted by atomic mass is 9.74. The van der Waals surface area contributed by atoms with Gasteiger partial charge in [-0.2, -0.15) is 0 Å². The molecule has 44 heavy (non-hydrogen) atoms. The maximum Gasteiger partial charge on any atom is 0.213 e. The predicted molar refractivity (Wildman–Crippen MR) is 185 cm³/mol. The number of benzene rings is 1. The smallest absolute Gasteiger partial charge is 0.213 e. The van der Waals surface area contributed by atoms with Crippen molar-refractivity contribution in [2.45, 2.75) is 105 Å². The van der Waals surface area contributed by atoms with Gasteiger partial charge in [0.1, 0.15) is 6.61 Å². The topological polar surface area (TPSA) is 100 Å². The average molecular weight is 623 g/mol. The highest BCUT2D eigenvalue weighted by atomic mass is 32.2. The Hall–Kier alpha value is -2.39. The van der Waals surface area contributed by atoms with Crippen LogP contribution in [0.5, 0.6) is 0 Å². The van der Waals surface area contributed by atoms with Crippen LogP contribution in [-0.4, -0.2) is 60.1 Å². The molecule has 242 valence electrons. The van der Waals surface area contributed by atoms with Crippen molar-refractivity contribution in [2.75, 3.05) is 26.9 Å². The molecule has 1 aromatic carbocycles. The maximum atomic E-state index is 13.8. The standard InChI is InChI=1S/C36H54N4O3S/c1-8-30(33(39-23-37)32-24(2)11-9-12-25(32)3)34(38-7)43-22-28(18-35(4,5)6)40(27-19-36(20-27)15-16-36)21-31(41)26-13-10-14-29(17-26)44-42/h9,11-13,17,27-28,39,42H,8,10,14-16,18-23,37H2,1-7H3/t28-/m1/s1. The minimum atomic E-state index is 0.0402. The first-order chi connectivity index (χ1) is 20.9. The number of nitrogens with one attached hydrogen (secondary N) is 1. The van der Waals surface area contributed by atoms with Gasteiger partial charge in [0, 0.05) is 52.8 Å². The Balaban J connectivity index is 1.64. The second kappa shape index (κ2) is 14.8. The third-order valence-corrected chi connectivity index (χ3v) is 10.0. The SMILES string of the molecule is CCC(C(=NC)OC[C@@H](CC(C)(C)C)N(CC(=O)C1=CCCC(SO)=C1)C1CC2(CC2)C1)=C(NCN)c1c(C)cccc1C. The number of ether oxygens (including phenoxy) is 1. The number of nitrogens with two attached hydrogens (primary N) is 1. The molecule has 0 heterocycles. The van der Waals surface area contributed by atoms with Crippen LogP contribution < -0.4 is 11.1 Å². The third kappa shape index (κ3) is 8.45. The zero-order valence-corrected chi connectivity index (χ0v) is 28.8. The number of rotatable bonds is 14. The van der Waals surface area contributed by atoms with E-state index in [4.69, 9.17) is 10.5 Å². The van der Waals surface area contributed by atoms with Crippen molar-refractivity contribution in [3.63, 3.8) is 0 Å². The van der Waals surface area contributed by atoms with Crippen LogP contribution in [0.1, 0.15) is 95.8 Å². The van der Waals surface area contributed by atoms with Crippen LogP contribution in [0.2, 0.25) is 0 Å². The van der Waals surface area contributed by atoms with Gasteiger partial charge in [-0.1, -0.05) is 52.0 Å². The van der Waals surface area contributed by atoms with Crippen molar-refractivity contribution in [3.05, 3.63) is 63.1 Å². The molecule has 4 N–H and O–H groups in total. The van der Waals surface area contributed by atoms with Gasteiger partial charge in [-0.3, -0.25) is 14.7 Å². The molecule has 0 bridgehead atoms. The van der Waals surface area contributed by atoms with Crippen LogP contribution in [0, 0.1) is 24.7 Å². The van der Waals surface area contributed by atoms with E-state index in [1.807, 2.05) is 12.2 Å². The summed E-state index contributed by atoms with van der Waals surface area (Å²) >= 11 is 0.758. The number of hydrogen-bond acceptors (Lipinski definition) is 8. The van der Waals surface area contributed by atoms with E-state index in [0.717, 1.165) is 72.3 Å². The highest BCUT2D eigenvalue weighted by molar-refractivity contribution is 7.97. The summed E-state index contributed by atoms with van der Waals surface area (Å²) in [6.45, 7) is 14.3. The van der Waals surface area contributed by atoms with Crippen LogP contribution in [0.15, 0.2) is 51.4 Å². The molecule has 3 aliphatic carbocycles. The molecular formula is C36H54N4O3S. The molecule has 0 radical (unpaired) electrons. The Labute approximate surface area is 269 Å². The van der Waals surface area contributed by atoms with E-state index in [2.05, 4.69) is 75.0 Å². The minimum Gasteiger partial charge on any atom is -0.476 e. The number of carbonyl (C=O) groups is 1. The fourth-order valence-corrected chi connectivity index (χ4v) is 7.43. The van der Waals surface area contributed by atoms with E-state index < -0.39 is 0 Å². The van der Waals surface area contributed by atoms with Gasteiger partial charge in [0.15, 0.2) is 5.78 Å². The average Bonchev–Trinajstić information content (AvgIpc) is 3.77. The lowest BCUT2D eigenvalue weighted by molar-refractivity contribution is -0.119. The predicted octanol–water partition coefficient (Wildman–Crippen LogP) is 7.40. The number of Topliss-reactive ketones (excluding diaryl/α,β-unsaturated/α-hetero) is 1. The van der Waals surface area contributed by atoms with Crippen LogP contribution in [0.3, 0.4) is 0 Å². The van der Waals surface area contributed by atoms with Crippen molar-refractivity contribution < 1.29 is 14.1 Å². The fourth-order valence-electron chi connectivity index (χ4n) is 7.05. The minimum absolute atomic E-state index is 0.0402. The molecule has 0 amide bonds. The van der Waals surface area contributed by atoms with E-state index in [1.165, 1.54) is 24.0 Å². The van der Waals surface area contributed by atoms with Crippen LogP contribution >= 0.6 is 12.0 Å². The number of allylic oxidation sites excluding steroid dienone is 3. The summed E-state index contributed by atoms with van der Waals surface area (Å²) in [4.78, 5) is 21.7. The van der Waals surface area contributed by atoms with Gasteiger partial charge < -0.3 is 20.3 Å². The Morgan fingerprint density at radius 2 is 1.93 bits per heavy atom. The van der Waals surface area contributed by atoms with Crippen molar-refractivity contribution >= 4 is 29.4 Å². The summed E-state index contributed by atoms with van der Waals surface area (Å²) in [5.74, 6) is 0.737. The Kier molecular flexibility index (Phi) is 11.6. The number of carbonyl (C=O) groups excluding carboxylic acids is 1. The number of aliphatic imine (C=N–C) groups is 1. The van der Waals surface area contributed by atoms with Crippen LogP contribution in [0.25, 0.3) is 5.70 Å². The van der Waals surface area contributed by atoms with E-state index in [0.29, 0.717) is 42.7 Å². The molecule has 1 aromatic rings. The molecule has 8 heteroatoms. The van der Waals surface area contributed by atoms with Gasteiger partial charge in [0.25, 0.3) is 0 Å². The van der Waals surface area contributed by atoms with E-state index in [1.54, 1.807) is 7.05 Å². The van der Waals surface area contributed by atoms with Crippen LogP contribution in [-0.2, 0) is 9.53 Å². The van der Waals surface area contributed by atoms with E-state index >= 15 is 0 Å². The number of hydrogen-bond donors (Lipinski definition) is 3. The molecular weight excluding hydrogens is 568 g/mol. The monoisotopic (exact) mass is 622 g/mol. The van der Waals surface area contributed by atoms with Gasteiger partial charge in [-0.15, -0.1) is 0 Å². The normalized spacial score (nSPS) is 19.6. The first-order valence-corrected chi connectivity index (χ1v) is 17.1. The molecule has 4 rings (SSSR count). The summed E-state index contributed by atoms with van der Waals surface area (Å²) in [5, 5.41) is 3.43. The molecule has 2 saturated carbocycles. The molecule has 7 nitrogen and oxygen atoms in total. The second-order valence-electron chi connectivity index (χ2n) is 14.2. The molecule has 3 aliphatic rings. The van der Waals surface area contributed by atoms with Gasteiger partial charge >= 0.3 is 0 Å². The largest absolute Gasteiger partial charge is 0.476 e. The number of ketones is 1. The molecule has 0 aliphatic heterocycles. The summed E-state index contributed by atoms with van der Waals surface area (Å²) in [5.41, 5.74) is 12.8. The molecule has 0 aromatic heterocycles. The third-order valence-electron chi connectivity index (χ3n) is 9.46. The molecule has 1 spiro atoms. The maximum absolute atomic E-state index is 13.8. The van der Waals surface area contributed by atoms with Crippen LogP contribution in [0.4, 0.5) is 0 Å². The lowest BCUT2D eigenvalue weighted by Gasteiger charge is -2.48. The van der Waals surface area contributed by atoms with Gasteiger partial charge in [-0.05, 0) is 93.2 Å². The summed E-state index contributed by atoms with van der Waals surface area (Å²) in [7, 11) is 1.79. The highest BCUT2D eigenvalue weighted by Crippen LogP contribution is 2.62.